The molecule has 1 saturated heterocycles. The Morgan fingerprint density at radius 1 is 0.844 bits per heavy atom. The van der Waals surface area contributed by atoms with Crippen LogP contribution in [0.4, 0.5) is 5.82 Å². The van der Waals surface area contributed by atoms with Crippen molar-refractivity contribution in [3.05, 3.63) is 77.4 Å². The van der Waals surface area contributed by atoms with E-state index in [2.05, 4.69) is 79.2 Å². The number of amides is 1. The van der Waals surface area contributed by atoms with Gasteiger partial charge in [0, 0.05) is 37.3 Å². The highest BCUT2D eigenvalue weighted by Gasteiger charge is 2.23. The van der Waals surface area contributed by atoms with Gasteiger partial charge in [-0.25, -0.2) is 0 Å². The Kier molecular flexibility index (Phi) is 6.26. The molecule has 1 fully saturated rings. The predicted molar refractivity (Wildman–Crippen MR) is 130 cm³/mol. The van der Waals surface area contributed by atoms with Gasteiger partial charge >= 0.3 is 0 Å². The summed E-state index contributed by atoms with van der Waals surface area (Å²) in [5.74, 6) is 0.961. The molecule has 0 spiro atoms. The molecule has 32 heavy (non-hydrogen) atoms. The predicted octanol–water partition coefficient (Wildman–Crippen LogP) is 4.97. The molecule has 5 heteroatoms. The molecule has 3 aromatic rings. The first-order valence-electron chi connectivity index (χ1n) is 11.4. The number of benzene rings is 2. The zero-order valence-electron chi connectivity index (χ0n) is 19.5. The van der Waals surface area contributed by atoms with E-state index in [4.69, 9.17) is 0 Å². The highest BCUT2D eigenvalue weighted by atomic mass is 16.2. The molecule has 0 saturated carbocycles. The second-order valence-electron chi connectivity index (χ2n) is 9.43. The Morgan fingerprint density at radius 2 is 1.50 bits per heavy atom. The first-order chi connectivity index (χ1) is 15.3. The smallest absolute Gasteiger partial charge is 0.253 e. The van der Waals surface area contributed by atoms with E-state index in [1.165, 1.54) is 11.1 Å². The monoisotopic (exact) mass is 428 g/mol. The number of carbonyl (C=O) groups excluding carboxylic acids is 1. The third-order valence-corrected chi connectivity index (χ3v) is 6.20. The van der Waals surface area contributed by atoms with Crippen molar-refractivity contribution in [3.8, 4) is 11.3 Å². The van der Waals surface area contributed by atoms with E-state index < -0.39 is 0 Å². The van der Waals surface area contributed by atoms with E-state index in [-0.39, 0.29) is 11.3 Å². The lowest BCUT2D eigenvalue weighted by atomic mass is 9.86. The number of carbonyl (C=O) groups is 1. The summed E-state index contributed by atoms with van der Waals surface area (Å²) in [4.78, 5) is 17.1. The Labute approximate surface area is 191 Å². The number of aromatic nitrogens is 2. The number of aryl methyl sites for hydroxylation is 1. The average Bonchev–Trinajstić information content (AvgIpc) is 2.83. The summed E-state index contributed by atoms with van der Waals surface area (Å²) in [6.07, 6.45) is 1.03. The highest BCUT2D eigenvalue weighted by Crippen LogP contribution is 2.23. The summed E-state index contributed by atoms with van der Waals surface area (Å²) in [5.41, 5.74) is 5.35. The van der Waals surface area contributed by atoms with Gasteiger partial charge in [-0.3, -0.25) is 4.79 Å². The number of nitrogens with zero attached hydrogens (tertiary/aromatic N) is 4. The number of hydrogen-bond donors (Lipinski definition) is 0. The van der Waals surface area contributed by atoms with E-state index in [1.54, 1.807) is 0 Å². The molecule has 0 atom stereocenters. The summed E-state index contributed by atoms with van der Waals surface area (Å²) in [6, 6.07) is 20.6. The Hall–Kier alpha value is -3.21. The Balaban J connectivity index is 1.36. The molecule has 2 aromatic carbocycles. The molecule has 0 aliphatic carbocycles. The maximum absolute atomic E-state index is 12.9. The molecule has 1 amide bonds. The normalized spacial score (nSPS) is 14.5. The van der Waals surface area contributed by atoms with Crippen LogP contribution in [0.15, 0.2) is 60.7 Å². The Bertz CT molecular complexity index is 1040. The summed E-state index contributed by atoms with van der Waals surface area (Å²) < 4.78 is 0. The number of piperazine rings is 1. The van der Waals surface area contributed by atoms with Gasteiger partial charge in [-0.15, -0.1) is 10.2 Å². The average molecular weight is 429 g/mol. The minimum Gasteiger partial charge on any atom is -0.352 e. The first-order valence-corrected chi connectivity index (χ1v) is 11.4. The number of rotatable bonds is 4. The first kappa shape index (κ1) is 22.0. The van der Waals surface area contributed by atoms with E-state index in [9.17, 15) is 4.79 Å². The van der Waals surface area contributed by atoms with Crippen LogP contribution >= 0.6 is 0 Å². The van der Waals surface area contributed by atoms with E-state index >= 15 is 0 Å². The molecule has 166 valence electrons. The minimum atomic E-state index is 0.0861. The van der Waals surface area contributed by atoms with Gasteiger partial charge in [-0.1, -0.05) is 64.1 Å². The second-order valence-corrected chi connectivity index (χ2v) is 9.43. The van der Waals surface area contributed by atoms with Crippen molar-refractivity contribution in [2.45, 2.75) is 39.5 Å². The molecular weight excluding hydrogens is 396 g/mol. The number of anilines is 1. The van der Waals surface area contributed by atoms with Gasteiger partial charge in [0.1, 0.15) is 0 Å². The maximum Gasteiger partial charge on any atom is 0.253 e. The summed E-state index contributed by atoms with van der Waals surface area (Å²) in [7, 11) is 0. The van der Waals surface area contributed by atoms with Crippen LogP contribution in [-0.4, -0.2) is 47.2 Å². The molecule has 0 N–H and O–H groups in total. The van der Waals surface area contributed by atoms with Crippen molar-refractivity contribution in [2.75, 3.05) is 31.1 Å². The van der Waals surface area contributed by atoms with Crippen molar-refractivity contribution in [3.63, 3.8) is 0 Å². The highest BCUT2D eigenvalue weighted by molar-refractivity contribution is 5.94. The molecule has 1 aliphatic rings. The fourth-order valence-corrected chi connectivity index (χ4v) is 3.99. The molecule has 1 aliphatic heterocycles. The van der Waals surface area contributed by atoms with Crippen LogP contribution in [0.25, 0.3) is 11.3 Å². The van der Waals surface area contributed by atoms with E-state index in [1.807, 2.05) is 29.2 Å². The van der Waals surface area contributed by atoms with Crippen LogP contribution in [0.5, 0.6) is 0 Å². The van der Waals surface area contributed by atoms with Gasteiger partial charge in [-0.05, 0) is 47.2 Å². The van der Waals surface area contributed by atoms with E-state index in [0.29, 0.717) is 13.1 Å². The van der Waals surface area contributed by atoms with Crippen molar-refractivity contribution in [1.82, 2.24) is 15.1 Å². The third kappa shape index (κ3) is 4.82. The minimum absolute atomic E-state index is 0.0861. The van der Waals surface area contributed by atoms with Gasteiger partial charge in [0.25, 0.3) is 5.91 Å². The molecule has 0 bridgehead atoms. The van der Waals surface area contributed by atoms with Gasteiger partial charge < -0.3 is 9.80 Å². The van der Waals surface area contributed by atoms with Gasteiger partial charge in [-0.2, -0.15) is 0 Å². The molecular formula is C27H32N4O. The topological polar surface area (TPSA) is 49.3 Å². The lowest BCUT2D eigenvalue weighted by Gasteiger charge is -2.35. The lowest BCUT2D eigenvalue weighted by molar-refractivity contribution is 0.0746. The Morgan fingerprint density at radius 3 is 2.03 bits per heavy atom. The third-order valence-electron chi connectivity index (χ3n) is 6.20. The SMILES string of the molecule is CCc1ccc(-c2ccc(N3CCN(C(=O)c4ccc(C(C)(C)C)cc4)CC3)nn2)cc1. The quantitative estimate of drug-likeness (QED) is 0.589. The molecule has 4 rings (SSSR count). The fraction of sp³-hybridized carbons (Fsp3) is 0.370. The zero-order chi connectivity index (χ0) is 22.7. The standard InChI is InChI=1S/C27H32N4O/c1-5-20-6-8-21(9-7-20)24-14-15-25(29-28-24)30-16-18-31(19-17-30)26(32)22-10-12-23(13-11-22)27(2,3)4/h6-15H,5,16-19H2,1-4H3. The van der Waals surface area contributed by atoms with Gasteiger partial charge in [0.05, 0.1) is 5.69 Å². The van der Waals surface area contributed by atoms with Crippen LogP contribution in [0.1, 0.15) is 49.2 Å². The number of hydrogen-bond acceptors (Lipinski definition) is 4. The molecule has 0 unspecified atom stereocenters. The van der Waals surface area contributed by atoms with Crippen LogP contribution < -0.4 is 4.90 Å². The molecule has 1 aromatic heterocycles. The van der Waals surface area contributed by atoms with Crippen LogP contribution in [0, 0.1) is 0 Å². The van der Waals surface area contributed by atoms with Crippen molar-refractivity contribution >= 4 is 11.7 Å². The van der Waals surface area contributed by atoms with Crippen molar-refractivity contribution in [1.29, 1.82) is 0 Å². The van der Waals surface area contributed by atoms with Crippen LogP contribution in [0.2, 0.25) is 0 Å². The second kappa shape index (κ2) is 9.11. The molecule has 0 radical (unpaired) electrons. The van der Waals surface area contributed by atoms with Crippen LogP contribution in [0.3, 0.4) is 0 Å². The van der Waals surface area contributed by atoms with Gasteiger partial charge in [0.15, 0.2) is 5.82 Å². The zero-order valence-corrected chi connectivity index (χ0v) is 19.5. The molecule has 5 nitrogen and oxygen atoms in total. The molecule has 2 heterocycles. The summed E-state index contributed by atoms with van der Waals surface area (Å²) in [6.45, 7) is 11.6. The van der Waals surface area contributed by atoms with Gasteiger partial charge in [0.2, 0.25) is 0 Å². The fourth-order valence-electron chi connectivity index (χ4n) is 3.99. The van der Waals surface area contributed by atoms with Crippen molar-refractivity contribution in [2.24, 2.45) is 0 Å². The van der Waals surface area contributed by atoms with Crippen LogP contribution in [-0.2, 0) is 11.8 Å². The summed E-state index contributed by atoms with van der Waals surface area (Å²) in [5, 5.41) is 8.89. The maximum atomic E-state index is 12.9. The van der Waals surface area contributed by atoms with E-state index in [0.717, 1.165) is 42.1 Å². The summed E-state index contributed by atoms with van der Waals surface area (Å²) >= 11 is 0. The lowest BCUT2D eigenvalue weighted by Crippen LogP contribution is -2.49. The largest absolute Gasteiger partial charge is 0.352 e. The van der Waals surface area contributed by atoms with Crippen molar-refractivity contribution < 1.29 is 4.79 Å².